The van der Waals surface area contributed by atoms with Crippen molar-refractivity contribution in [2.75, 3.05) is 7.11 Å². The summed E-state index contributed by atoms with van der Waals surface area (Å²) < 4.78 is 25.8. The van der Waals surface area contributed by atoms with Gasteiger partial charge < -0.3 is 13.8 Å². The Morgan fingerprint density at radius 1 is 1.48 bits per heavy atom. The first-order chi connectivity index (χ1) is 10.1. The number of nitrogens with zero attached hydrogens (tertiary/aromatic N) is 3. The summed E-state index contributed by atoms with van der Waals surface area (Å²) >= 11 is 6.18. The van der Waals surface area contributed by atoms with Crippen molar-refractivity contribution in [2.45, 2.75) is 18.8 Å². The minimum absolute atomic E-state index is 0.162. The molecule has 0 aliphatic rings. The molecule has 0 N–H and O–H groups in total. The number of hydrogen-bond donors (Lipinski definition) is 0. The average Bonchev–Trinajstić information content (AvgIpc) is 3.06. The van der Waals surface area contributed by atoms with Gasteiger partial charge in [-0.2, -0.15) is 0 Å². The second kappa shape index (κ2) is 5.37. The first kappa shape index (κ1) is 13.9. The standard InChI is InChI=1S/C14H13ClFN3O2/c1-8(15)14-18-11-5-10(16)13(20-2)6-12(11)19(14)7-9-3-4-17-21-9/h3-6,8H,7H2,1-2H3. The van der Waals surface area contributed by atoms with Crippen LogP contribution in [0, 0.1) is 5.82 Å². The summed E-state index contributed by atoms with van der Waals surface area (Å²) in [6.45, 7) is 2.23. The van der Waals surface area contributed by atoms with Crippen LogP contribution in [-0.2, 0) is 6.54 Å². The van der Waals surface area contributed by atoms with Crippen LogP contribution in [-0.4, -0.2) is 21.8 Å². The van der Waals surface area contributed by atoms with Gasteiger partial charge in [0.05, 0.1) is 36.3 Å². The van der Waals surface area contributed by atoms with Crippen LogP contribution in [0.3, 0.4) is 0 Å². The molecule has 1 atom stereocenters. The molecule has 110 valence electrons. The lowest BCUT2D eigenvalue weighted by atomic mass is 10.2. The second-order valence-electron chi connectivity index (χ2n) is 4.63. The van der Waals surface area contributed by atoms with Crippen molar-refractivity contribution < 1.29 is 13.7 Å². The molecule has 0 amide bonds. The van der Waals surface area contributed by atoms with Gasteiger partial charge in [0.25, 0.3) is 0 Å². The van der Waals surface area contributed by atoms with Gasteiger partial charge in [0.2, 0.25) is 0 Å². The summed E-state index contributed by atoms with van der Waals surface area (Å²) in [6.07, 6.45) is 1.57. The molecule has 7 heteroatoms. The molecule has 5 nitrogen and oxygen atoms in total. The number of aromatic nitrogens is 3. The summed E-state index contributed by atoms with van der Waals surface area (Å²) in [5.74, 6) is 1.00. The van der Waals surface area contributed by atoms with Crippen molar-refractivity contribution in [1.29, 1.82) is 0 Å². The van der Waals surface area contributed by atoms with E-state index in [1.54, 1.807) is 18.3 Å². The predicted molar refractivity (Wildman–Crippen MR) is 76.1 cm³/mol. The van der Waals surface area contributed by atoms with Crippen molar-refractivity contribution >= 4 is 22.6 Å². The lowest BCUT2D eigenvalue weighted by Gasteiger charge is -2.09. The second-order valence-corrected chi connectivity index (χ2v) is 5.28. The third kappa shape index (κ3) is 2.47. The molecule has 3 aromatic rings. The Morgan fingerprint density at radius 2 is 2.29 bits per heavy atom. The summed E-state index contributed by atoms with van der Waals surface area (Å²) in [5.41, 5.74) is 1.25. The van der Waals surface area contributed by atoms with Crippen molar-refractivity contribution in [1.82, 2.24) is 14.7 Å². The molecule has 1 unspecified atom stereocenters. The highest BCUT2D eigenvalue weighted by Crippen LogP contribution is 2.29. The highest BCUT2D eigenvalue weighted by Gasteiger charge is 2.18. The lowest BCUT2D eigenvalue weighted by Crippen LogP contribution is -2.05. The Balaban J connectivity index is 2.20. The Labute approximate surface area is 125 Å². The first-order valence-corrected chi connectivity index (χ1v) is 6.81. The van der Waals surface area contributed by atoms with Crippen molar-refractivity contribution in [3.63, 3.8) is 0 Å². The van der Waals surface area contributed by atoms with Crippen LogP contribution in [0.2, 0.25) is 0 Å². The molecule has 0 saturated heterocycles. The molecule has 0 aliphatic heterocycles. The van der Waals surface area contributed by atoms with Gasteiger partial charge in [0, 0.05) is 18.2 Å². The highest BCUT2D eigenvalue weighted by atomic mass is 35.5. The molecule has 1 aromatic carbocycles. The van der Waals surface area contributed by atoms with Crippen LogP contribution in [0.4, 0.5) is 4.39 Å². The van der Waals surface area contributed by atoms with E-state index in [0.717, 1.165) is 5.52 Å². The molecule has 0 fully saturated rings. The van der Waals surface area contributed by atoms with E-state index in [4.69, 9.17) is 20.9 Å². The maximum Gasteiger partial charge on any atom is 0.167 e. The van der Waals surface area contributed by atoms with Gasteiger partial charge in [-0.25, -0.2) is 9.37 Å². The number of fused-ring (bicyclic) bond motifs is 1. The molecule has 21 heavy (non-hydrogen) atoms. The van der Waals surface area contributed by atoms with Gasteiger partial charge in [-0.3, -0.25) is 0 Å². The normalized spacial score (nSPS) is 12.8. The van der Waals surface area contributed by atoms with Gasteiger partial charge in [0.1, 0.15) is 5.82 Å². The molecule has 0 aliphatic carbocycles. The topological polar surface area (TPSA) is 53.1 Å². The molecule has 2 heterocycles. The van der Waals surface area contributed by atoms with Gasteiger partial charge in [0.15, 0.2) is 17.3 Å². The Morgan fingerprint density at radius 3 is 2.90 bits per heavy atom. The third-order valence-corrected chi connectivity index (χ3v) is 3.41. The molecule has 2 aromatic heterocycles. The van der Waals surface area contributed by atoms with Crippen molar-refractivity contribution in [3.8, 4) is 5.75 Å². The van der Waals surface area contributed by atoms with E-state index in [-0.39, 0.29) is 11.1 Å². The zero-order valence-electron chi connectivity index (χ0n) is 11.5. The number of halogens is 2. The fourth-order valence-electron chi connectivity index (χ4n) is 2.25. The minimum Gasteiger partial charge on any atom is -0.494 e. The van der Waals surface area contributed by atoms with E-state index < -0.39 is 5.82 Å². The van der Waals surface area contributed by atoms with Crippen LogP contribution in [0.1, 0.15) is 23.9 Å². The number of imidazole rings is 1. The quantitative estimate of drug-likeness (QED) is 0.692. The van der Waals surface area contributed by atoms with Gasteiger partial charge in [-0.1, -0.05) is 5.16 Å². The summed E-state index contributed by atoms with van der Waals surface area (Å²) in [5, 5.41) is 3.35. The Bertz CT molecular complexity index is 768. The molecular formula is C14H13ClFN3O2. The molecule has 0 radical (unpaired) electrons. The largest absolute Gasteiger partial charge is 0.494 e. The Hall–Kier alpha value is -2.08. The number of methoxy groups -OCH3 is 1. The first-order valence-electron chi connectivity index (χ1n) is 6.37. The zero-order valence-corrected chi connectivity index (χ0v) is 12.3. The predicted octanol–water partition coefficient (Wildman–Crippen LogP) is 3.52. The average molecular weight is 310 g/mol. The molecule has 0 bridgehead atoms. The lowest BCUT2D eigenvalue weighted by molar-refractivity contribution is 0.375. The summed E-state index contributed by atoms with van der Waals surface area (Å²) in [4.78, 5) is 4.40. The van der Waals surface area contributed by atoms with Crippen molar-refractivity contribution in [3.05, 3.63) is 41.8 Å². The maximum atomic E-state index is 13.8. The van der Waals surface area contributed by atoms with Crippen molar-refractivity contribution in [2.24, 2.45) is 0 Å². The fraction of sp³-hybridized carbons (Fsp3) is 0.286. The van der Waals surface area contributed by atoms with Gasteiger partial charge in [-0.05, 0) is 6.92 Å². The molecule has 3 rings (SSSR count). The number of hydrogen-bond acceptors (Lipinski definition) is 4. The highest BCUT2D eigenvalue weighted by molar-refractivity contribution is 6.20. The monoisotopic (exact) mass is 309 g/mol. The van der Waals surface area contributed by atoms with Crippen LogP contribution >= 0.6 is 11.6 Å². The summed E-state index contributed by atoms with van der Waals surface area (Å²) in [7, 11) is 1.42. The van der Waals surface area contributed by atoms with Crippen LogP contribution in [0.25, 0.3) is 11.0 Å². The Kier molecular flexibility index (Phi) is 3.55. The molecular weight excluding hydrogens is 297 g/mol. The maximum absolute atomic E-state index is 13.8. The SMILES string of the molecule is COc1cc2c(cc1F)nc(C(C)Cl)n2Cc1ccno1. The van der Waals surface area contributed by atoms with E-state index >= 15 is 0 Å². The van der Waals surface area contributed by atoms with E-state index in [2.05, 4.69) is 10.1 Å². The zero-order chi connectivity index (χ0) is 15.0. The number of alkyl halides is 1. The molecule has 0 spiro atoms. The fourth-order valence-corrected chi connectivity index (χ4v) is 2.42. The third-order valence-electron chi connectivity index (χ3n) is 3.21. The minimum atomic E-state index is -0.455. The number of rotatable bonds is 4. The van der Waals surface area contributed by atoms with E-state index in [1.807, 2.05) is 11.5 Å². The summed E-state index contributed by atoms with van der Waals surface area (Å²) in [6, 6.07) is 4.71. The number of benzene rings is 1. The number of ether oxygens (including phenoxy) is 1. The van der Waals surface area contributed by atoms with Crippen LogP contribution in [0.15, 0.2) is 28.9 Å². The van der Waals surface area contributed by atoms with E-state index in [0.29, 0.717) is 23.6 Å². The van der Waals surface area contributed by atoms with E-state index in [9.17, 15) is 4.39 Å². The molecule has 0 saturated carbocycles. The smallest absolute Gasteiger partial charge is 0.167 e. The van der Waals surface area contributed by atoms with Gasteiger partial charge in [-0.15, -0.1) is 11.6 Å². The van der Waals surface area contributed by atoms with Crippen LogP contribution in [0.5, 0.6) is 5.75 Å². The van der Waals surface area contributed by atoms with Crippen LogP contribution < -0.4 is 4.74 Å². The van der Waals surface area contributed by atoms with E-state index in [1.165, 1.54) is 13.2 Å². The van der Waals surface area contributed by atoms with Gasteiger partial charge >= 0.3 is 0 Å².